The summed E-state index contributed by atoms with van der Waals surface area (Å²) in [5.41, 5.74) is 2.12. The van der Waals surface area contributed by atoms with Crippen molar-refractivity contribution in [3.05, 3.63) is 71.3 Å². The number of carboxylic acid groups (broad SMARTS) is 1. The summed E-state index contributed by atoms with van der Waals surface area (Å²) >= 11 is 0. The zero-order chi connectivity index (χ0) is 19.4. The number of nitrogens with zero attached hydrogens (tertiary/aromatic N) is 2. The molecule has 1 aliphatic heterocycles. The van der Waals surface area contributed by atoms with Crippen molar-refractivity contribution in [2.24, 2.45) is 0 Å². The fourth-order valence-electron chi connectivity index (χ4n) is 3.71. The molecule has 1 saturated heterocycles. The average molecular weight is 366 g/mol. The third-order valence-corrected chi connectivity index (χ3v) is 5.34. The molecule has 5 nitrogen and oxygen atoms in total. The Labute approximate surface area is 160 Å². The normalized spacial score (nSPS) is 19.4. The van der Waals surface area contributed by atoms with E-state index >= 15 is 0 Å². The maximum absolute atomic E-state index is 12.7. The van der Waals surface area contributed by atoms with Crippen LogP contribution < -0.4 is 0 Å². The zero-order valence-corrected chi connectivity index (χ0v) is 15.9. The number of rotatable bonds is 6. The number of likely N-dealkylation sites (N-methyl/N-ethyl adjacent to an activating group) is 1. The second-order valence-corrected chi connectivity index (χ2v) is 7.48. The topological polar surface area (TPSA) is 60.9 Å². The number of carbonyl (C=O) groups is 2. The van der Waals surface area contributed by atoms with Crippen LogP contribution in [0.3, 0.4) is 0 Å². The number of likely N-dealkylation sites (tertiary alicyclic amines) is 1. The molecule has 1 amide bonds. The lowest BCUT2D eigenvalue weighted by Gasteiger charge is -2.26. The fraction of sp³-hybridized carbons (Fsp3) is 0.364. The number of carbonyl (C=O) groups excluding carboxylic acids is 1. The Morgan fingerprint density at radius 3 is 2.41 bits per heavy atom. The van der Waals surface area contributed by atoms with Gasteiger partial charge in [0.2, 0.25) is 5.91 Å². The lowest BCUT2D eigenvalue weighted by atomic mass is 9.80. The molecule has 1 unspecified atom stereocenters. The van der Waals surface area contributed by atoms with Gasteiger partial charge in [-0.25, -0.2) is 0 Å². The molecule has 1 atom stereocenters. The molecule has 27 heavy (non-hydrogen) atoms. The highest BCUT2D eigenvalue weighted by Gasteiger charge is 2.47. The highest BCUT2D eigenvalue weighted by Crippen LogP contribution is 2.35. The van der Waals surface area contributed by atoms with E-state index < -0.39 is 11.4 Å². The maximum atomic E-state index is 12.7. The van der Waals surface area contributed by atoms with Crippen molar-refractivity contribution in [2.45, 2.75) is 25.3 Å². The molecule has 0 aliphatic carbocycles. The van der Waals surface area contributed by atoms with Crippen molar-refractivity contribution >= 4 is 11.9 Å². The lowest BCUT2D eigenvalue weighted by molar-refractivity contribution is -0.143. The van der Waals surface area contributed by atoms with E-state index in [9.17, 15) is 14.7 Å². The van der Waals surface area contributed by atoms with Crippen LogP contribution in [-0.4, -0.2) is 53.5 Å². The first kappa shape index (κ1) is 19.1. The SMILES string of the molecule is Cc1ccc(CN(C)CC(=O)N2CCC(C(=O)O)(c3ccccc3)C2)cc1. The van der Waals surface area contributed by atoms with Crippen LogP contribution in [-0.2, 0) is 21.5 Å². The van der Waals surface area contributed by atoms with E-state index in [4.69, 9.17) is 0 Å². The predicted molar refractivity (Wildman–Crippen MR) is 104 cm³/mol. The summed E-state index contributed by atoms with van der Waals surface area (Å²) in [6.45, 7) is 3.70. The molecule has 1 fully saturated rings. The molecule has 0 radical (unpaired) electrons. The third-order valence-electron chi connectivity index (χ3n) is 5.34. The minimum absolute atomic E-state index is 0.0244. The van der Waals surface area contributed by atoms with Gasteiger partial charge in [0.15, 0.2) is 0 Å². The Morgan fingerprint density at radius 1 is 1.11 bits per heavy atom. The molecule has 0 saturated carbocycles. The van der Waals surface area contributed by atoms with Crippen LogP contribution in [0.15, 0.2) is 54.6 Å². The van der Waals surface area contributed by atoms with Gasteiger partial charge in [-0.3, -0.25) is 14.5 Å². The smallest absolute Gasteiger partial charge is 0.316 e. The largest absolute Gasteiger partial charge is 0.481 e. The van der Waals surface area contributed by atoms with E-state index in [1.165, 1.54) is 5.56 Å². The van der Waals surface area contributed by atoms with Gasteiger partial charge in [0.25, 0.3) is 0 Å². The van der Waals surface area contributed by atoms with Crippen molar-refractivity contribution in [1.29, 1.82) is 0 Å². The van der Waals surface area contributed by atoms with Crippen LogP contribution in [0.5, 0.6) is 0 Å². The van der Waals surface area contributed by atoms with Crippen LogP contribution >= 0.6 is 0 Å². The molecule has 2 aromatic rings. The molecule has 1 aliphatic rings. The Morgan fingerprint density at radius 2 is 1.78 bits per heavy atom. The zero-order valence-electron chi connectivity index (χ0n) is 15.9. The first-order valence-corrected chi connectivity index (χ1v) is 9.21. The second kappa shape index (κ2) is 7.92. The van der Waals surface area contributed by atoms with Crippen LogP contribution in [0, 0.1) is 6.92 Å². The molecule has 0 aromatic heterocycles. The number of benzene rings is 2. The first-order valence-electron chi connectivity index (χ1n) is 9.21. The molecular weight excluding hydrogens is 340 g/mol. The highest BCUT2D eigenvalue weighted by atomic mass is 16.4. The van der Waals surface area contributed by atoms with E-state index in [1.807, 2.05) is 49.2 Å². The van der Waals surface area contributed by atoms with Crippen LogP contribution in [0.2, 0.25) is 0 Å². The summed E-state index contributed by atoms with van der Waals surface area (Å²) in [4.78, 5) is 28.4. The lowest BCUT2D eigenvalue weighted by Crippen LogP contribution is -2.42. The first-order chi connectivity index (χ1) is 12.9. The monoisotopic (exact) mass is 366 g/mol. The number of carboxylic acids is 1. The summed E-state index contributed by atoms with van der Waals surface area (Å²) in [7, 11) is 1.91. The molecule has 2 aromatic carbocycles. The van der Waals surface area contributed by atoms with Crippen molar-refractivity contribution in [2.75, 3.05) is 26.7 Å². The predicted octanol–water partition coefficient (Wildman–Crippen LogP) is 2.68. The summed E-state index contributed by atoms with van der Waals surface area (Å²) in [6.07, 6.45) is 0.444. The van der Waals surface area contributed by atoms with Gasteiger partial charge in [-0.05, 0) is 31.5 Å². The van der Waals surface area contributed by atoms with Gasteiger partial charge in [0.1, 0.15) is 5.41 Å². The second-order valence-electron chi connectivity index (χ2n) is 7.48. The summed E-state index contributed by atoms with van der Waals surface area (Å²) in [6, 6.07) is 17.5. The van der Waals surface area contributed by atoms with E-state index in [1.54, 1.807) is 4.90 Å². The molecule has 5 heteroatoms. The Balaban J connectivity index is 1.64. The fourth-order valence-corrected chi connectivity index (χ4v) is 3.71. The maximum Gasteiger partial charge on any atom is 0.316 e. The summed E-state index contributed by atoms with van der Waals surface area (Å²) < 4.78 is 0. The van der Waals surface area contributed by atoms with E-state index in [-0.39, 0.29) is 19.0 Å². The van der Waals surface area contributed by atoms with Crippen molar-refractivity contribution in [1.82, 2.24) is 9.80 Å². The van der Waals surface area contributed by atoms with Gasteiger partial charge in [-0.2, -0.15) is 0 Å². The van der Waals surface area contributed by atoms with Gasteiger partial charge in [-0.1, -0.05) is 60.2 Å². The Hall–Kier alpha value is -2.66. The van der Waals surface area contributed by atoms with Gasteiger partial charge in [-0.15, -0.1) is 0 Å². The molecule has 0 spiro atoms. The van der Waals surface area contributed by atoms with Crippen molar-refractivity contribution in [3.63, 3.8) is 0 Å². The standard InChI is InChI=1S/C22H26N2O3/c1-17-8-10-18(11-9-17)14-23(2)15-20(25)24-13-12-22(16-24,21(26)27)19-6-4-3-5-7-19/h3-11H,12-16H2,1-2H3,(H,26,27). The van der Waals surface area contributed by atoms with Crippen molar-refractivity contribution in [3.8, 4) is 0 Å². The van der Waals surface area contributed by atoms with Crippen LogP contribution in [0.4, 0.5) is 0 Å². The number of hydrogen-bond acceptors (Lipinski definition) is 3. The summed E-state index contributed by atoms with van der Waals surface area (Å²) in [5, 5.41) is 9.87. The average Bonchev–Trinajstić information content (AvgIpc) is 3.11. The van der Waals surface area contributed by atoms with Gasteiger partial charge in [0.05, 0.1) is 6.54 Å². The van der Waals surface area contributed by atoms with Crippen LogP contribution in [0.1, 0.15) is 23.1 Å². The van der Waals surface area contributed by atoms with E-state index in [2.05, 4.69) is 24.3 Å². The molecule has 1 N–H and O–H groups in total. The Kier molecular flexibility index (Phi) is 5.61. The molecule has 142 valence electrons. The molecular formula is C22H26N2O3. The van der Waals surface area contributed by atoms with Crippen molar-refractivity contribution < 1.29 is 14.7 Å². The number of hydrogen-bond donors (Lipinski definition) is 1. The van der Waals surface area contributed by atoms with Crippen LogP contribution in [0.25, 0.3) is 0 Å². The molecule has 0 bridgehead atoms. The number of aryl methyl sites for hydroxylation is 1. The highest BCUT2D eigenvalue weighted by molar-refractivity contribution is 5.85. The summed E-state index contributed by atoms with van der Waals surface area (Å²) in [5.74, 6) is -0.888. The third kappa shape index (κ3) is 4.19. The van der Waals surface area contributed by atoms with E-state index in [0.29, 0.717) is 19.5 Å². The number of amides is 1. The quantitative estimate of drug-likeness (QED) is 0.854. The molecule has 3 rings (SSSR count). The van der Waals surface area contributed by atoms with Gasteiger partial charge >= 0.3 is 5.97 Å². The Bertz CT molecular complexity index is 804. The van der Waals surface area contributed by atoms with Gasteiger partial charge in [0, 0.05) is 19.6 Å². The van der Waals surface area contributed by atoms with E-state index in [0.717, 1.165) is 11.1 Å². The van der Waals surface area contributed by atoms with Gasteiger partial charge < -0.3 is 10.0 Å². The number of aliphatic carboxylic acids is 1. The minimum atomic E-state index is -1.01. The minimum Gasteiger partial charge on any atom is -0.481 e. The molecule has 1 heterocycles.